The quantitative estimate of drug-likeness (QED) is 0.467. The van der Waals surface area contributed by atoms with E-state index >= 15 is 0 Å². The molecule has 0 radical (unpaired) electrons. The number of anilines is 1. The number of carbonyl (C=O) groups excluding carboxylic acids is 2. The van der Waals surface area contributed by atoms with Crippen LogP contribution in [0.2, 0.25) is 0 Å². The van der Waals surface area contributed by atoms with Crippen molar-refractivity contribution in [3.8, 4) is 0 Å². The number of imide groups is 1. The molecular formula is C17H15N3O6. The number of nitro benzene ring substituents is 1. The summed E-state index contributed by atoms with van der Waals surface area (Å²) in [6.07, 6.45) is 1.45. The zero-order valence-corrected chi connectivity index (χ0v) is 13.7. The topological polar surface area (TPSA) is 106 Å². The molecule has 2 aromatic rings. The SMILES string of the molecule is O=C1c2cc(N3CCOCC3)c([N+](=O)[O-])cc2C(=O)N1Cc1ccco1. The van der Waals surface area contributed by atoms with Gasteiger partial charge in [-0.15, -0.1) is 0 Å². The molecule has 1 saturated heterocycles. The van der Waals surface area contributed by atoms with Gasteiger partial charge in [-0.2, -0.15) is 0 Å². The summed E-state index contributed by atoms with van der Waals surface area (Å²) in [5, 5.41) is 11.5. The number of hydrogen-bond donors (Lipinski definition) is 0. The van der Waals surface area contributed by atoms with E-state index in [4.69, 9.17) is 9.15 Å². The molecule has 4 rings (SSSR count). The molecule has 3 heterocycles. The highest BCUT2D eigenvalue weighted by atomic mass is 16.6. The Labute approximate surface area is 147 Å². The second-order valence-corrected chi connectivity index (χ2v) is 6.02. The Kier molecular flexibility index (Phi) is 3.92. The number of furan rings is 1. The molecular weight excluding hydrogens is 342 g/mol. The van der Waals surface area contributed by atoms with Gasteiger partial charge >= 0.3 is 0 Å². The molecule has 0 saturated carbocycles. The molecule has 0 N–H and O–H groups in total. The molecule has 0 atom stereocenters. The maximum absolute atomic E-state index is 12.7. The number of hydrogen-bond acceptors (Lipinski definition) is 7. The molecule has 1 aromatic carbocycles. The molecule has 0 unspecified atom stereocenters. The van der Waals surface area contributed by atoms with E-state index in [2.05, 4.69) is 0 Å². The number of carbonyl (C=O) groups is 2. The van der Waals surface area contributed by atoms with Crippen molar-refractivity contribution in [1.82, 2.24) is 4.90 Å². The summed E-state index contributed by atoms with van der Waals surface area (Å²) < 4.78 is 10.5. The van der Waals surface area contributed by atoms with Crippen LogP contribution < -0.4 is 4.90 Å². The van der Waals surface area contributed by atoms with E-state index in [1.807, 2.05) is 0 Å². The zero-order chi connectivity index (χ0) is 18.3. The van der Waals surface area contributed by atoms with Crippen LogP contribution >= 0.6 is 0 Å². The first-order chi connectivity index (χ1) is 12.6. The van der Waals surface area contributed by atoms with Crippen molar-refractivity contribution < 1.29 is 23.7 Å². The fourth-order valence-corrected chi connectivity index (χ4v) is 3.22. The number of nitrogens with zero attached hydrogens (tertiary/aromatic N) is 3. The van der Waals surface area contributed by atoms with Gasteiger partial charge in [0.1, 0.15) is 11.4 Å². The van der Waals surface area contributed by atoms with E-state index in [0.717, 1.165) is 4.90 Å². The standard InChI is InChI=1S/C17H15N3O6/c21-16-12-8-14(18-3-6-25-7-4-18)15(20(23)24)9-13(12)17(22)19(16)10-11-2-1-5-26-11/h1-2,5,8-9H,3-4,6-7,10H2. The van der Waals surface area contributed by atoms with Crippen molar-refractivity contribution in [3.63, 3.8) is 0 Å². The largest absolute Gasteiger partial charge is 0.467 e. The van der Waals surface area contributed by atoms with Gasteiger partial charge in [-0.1, -0.05) is 0 Å². The van der Waals surface area contributed by atoms with Crippen LogP contribution in [0.5, 0.6) is 0 Å². The summed E-state index contributed by atoms with van der Waals surface area (Å²) in [4.78, 5) is 39.1. The van der Waals surface area contributed by atoms with E-state index in [0.29, 0.717) is 37.8 Å². The van der Waals surface area contributed by atoms with Crippen molar-refractivity contribution in [2.45, 2.75) is 6.54 Å². The number of benzene rings is 1. The first-order valence-electron chi connectivity index (χ1n) is 8.10. The van der Waals surface area contributed by atoms with E-state index in [1.165, 1.54) is 18.4 Å². The predicted molar refractivity (Wildman–Crippen MR) is 89.0 cm³/mol. The molecule has 9 heteroatoms. The zero-order valence-electron chi connectivity index (χ0n) is 13.7. The van der Waals surface area contributed by atoms with Crippen LogP contribution in [-0.2, 0) is 11.3 Å². The minimum Gasteiger partial charge on any atom is -0.467 e. The van der Waals surface area contributed by atoms with Crippen LogP contribution in [-0.4, -0.2) is 47.9 Å². The summed E-state index contributed by atoms with van der Waals surface area (Å²) in [6, 6.07) is 5.96. The lowest BCUT2D eigenvalue weighted by atomic mass is 10.1. The fourth-order valence-electron chi connectivity index (χ4n) is 3.22. The van der Waals surface area contributed by atoms with Crippen molar-refractivity contribution in [3.05, 3.63) is 57.5 Å². The monoisotopic (exact) mass is 357 g/mol. The summed E-state index contributed by atoms with van der Waals surface area (Å²) >= 11 is 0. The molecule has 26 heavy (non-hydrogen) atoms. The first-order valence-corrected chi connectivity index (χ1v) is 8.10. The number of rotatable bonds is 4. The number of nitro groups is 1. The van der Waals surface area contributed by atoms with Gasteiger partial charge in [-0.3, -0.25) is 24.6 Å². The minimum atomic E-state index is -0.557. The Morgan fingerprint density at radius 1 is 1.12 bits per heavy atom. The van der Waals surface area contributed by atoms with Crippen LogP contribution in [0.15, 0.2) is 34.9 Å². The van der Waals surface area contributed by atoms with Crippen LogP contribution in [0.1, 0.15) is 26.5 Å². The number of morpholine rings is 1. The van der Waals surface area contributed by atoms with E-state index < -0.39 is 16.7 Å². The Bertz CT molecular complexity index is 886. The van der Waals surface area contributed by atoms with Crippen LogP contribution in [0.25, 0.3) is 0 Å². The van der Waals surface area contributed by atoms with Gasteiger partial charge in [0.25, 0.3) is 17.5 Å². The van der Waals surface area contributed by atoms with E-state index in [-0.39, 0.29) is 23.4 Å². The molecule has 9 nitrogen and oxygen atoms in total. The van der Waals surface area contributed by atoms with Crippen LogP contribution in [0.3, 0.4) is 0 Å². The van der Waals surface area contributed by atoms with Gasteiger partial charge in [0.2, 0.25) is 0 Å². The molecule has 1 aromatic heterocycles. The van der Waals surface area contributed by atoms with E-state index in [1.54, 1.807) is 17.0 Å². The normalized spacial score (nSPS) is 16.9. The first kappa shape index (κ1) is 16.3. The number of ether oxygens (including phenoxy) is 1. The minimum absolute atomic E-state index is 0.0139. The van der Waals surface area contributed by atoms with Crippen LogP contribution in [0, 0.1) is 10.1 Å². The average Bonchev–Trinajstić information content (AvgIpc) is 3.24. The van der Waals surface area contributed by atoms with Crippen molar-refractivity contribution in [1.29, 1.82) is 0 Å². The smallest absolute Gasteiger partial charge is 0.293 e. The second-order valence-electron chi connectivity index (χ2n) is 6.02. The lowest BCUT2D eigenvalue weighted by Gasteiger charge is -2.28. The molecule has 2 amide bonds. The van der Waals surface area contributed by atoms with Gasteiger partial charge in [0.05, 0.1) is 42.1 Å². The highest BCUT2D eigenvalue weighted by Gasteiger charge is 2.39. The molecule has 0 bridgehead atoms. The molecule has 0 spiro atoms. The van der Waals surface area contributed by atoms with Crippen molar-refractivity contribution >= 4 is 23.2 Å². The summed E-state index contributed by atoms with van der Waals surface area (Å²) in [5.74, 6) is -0.578. The third-order valence-electron chi connectivity index (χ3n) is 4.51. The Morgan fingerprint density at radius 3 is 2.42 bits per heavy atom. The molecule has 134 valence electrons. The number of fused-ring (bicyclic) bond motifs is 1. The number of amides is 2. The van der Waals surface area contributed by atoms with Gasteiger partial charge in [-0.05, 0) is 18.2 Å². The van der Waals surface area contributed by atoms with Crippen molar-refractivity contribution in [2.24, 2.45) is 0 Å². The maximum Gasteiger partial charge on any atom is 0.293 e. The maximum atomic E-state index is 12.7. The van der Waals surface area contributed by atoms with Crippen molar-refractivity contribution in [2.75, 3.05) is 31.2 Å². The lowest BCUT2D eigenvalue weighted by Crippen LogP contribution is -2.36. The predicted octanol–water partition coefficient (Wildman–Crippen LogP) is 1.82. The molecule has 1 fully saturated rings. The Balaban J connectivity index is 1.74. The molecule has 2 aliphatic heterocycles. The Morgan fingerprint density at radius 2 is 1.81 bits per heavy atom. The Hall–Kier alpha value is -3.20. The molecule has 0 aliphatic carbocycles. The summed E-state index contributed by atoms with van der Waals surface area (Å²) in [7, 11) is 0. The van der Waals surface area contributed by atoms with Gasteiger partial charge in [0.15, 0.2) is 0 Å². The van der Waals surface area contributed by atoms with Gasteiger partial charge in [0, 0.05) is 19.2 Å². The van der Waals surface area contributed by atoms with Gasteiger partial charge < -0.3 is 14.1 Å². The third-order valence-corrected chi connectivity index (χ3v) is 4.51. The molecule has 2 aliphatic rings. The van der Waals surface area contributed by atoms with Crippen LogP contribution in [0.4, 0.5) is 11.4 Å². The third kappa shape index (κ3) is 2.62. The lowest BCUT2D eigenvalue weighted by molar-refractivity contribution is -0.384. The fraction of sp³-hybridized carbons (Fsp3) is 0.294. The summed E-state index contributed by atoms with van der Waals surface area (Å²) in [6.45, 7) is 1.85. The average molecular weight is 357 g/mol. The summed E-state index contributed by atoms with van der Waals surface area (Å²) in [5.41, 5.74) is 0.364. The highest BCUT2D eigenvalue weighted by molar-refractivity contribution is 6.22. The second kappa shape index (κ2) is 6.26. The highest BCUT2D eigenvalue weighted by Crippen LogP contribution is 2.36. The van der Waals surface area contributed by atoms with Gasteiger partial charge in [-0.25, -0.2) is 0 Å². The van der Waals surface area contributed by atoms with E-state index in [9.17, 15) is 19.7 Å².